The highest BCUT2D eigenvalue weighted by Gasteiger charge is 2.48. The van der Waals surface area contributed by atoms with E-state index in [1.54, 1.807) is 0 Å². The first-order valence-corrected chi connectivity index (χ1v) is 4.53. The molecule has 0 N–H and O–H groups in total. The normalized spacial score (nSPS) is 17.6. The highest BCUT2D eigenvalue weighted by molar-refractivity contribution is 6.30. The Kier molecular flexibility index (Phi) is 1.97. The molecule has 1 aliphatic carbocycles. The van der Waals surface area contributed by atoms with Gasteiger partial charge in [0.2, 0.25) is 0 Å². The summed E-state index contributed by atoms with van der Waals surface area (Å²) >= 11 is 5.47. The Hall–Kier alpha value is -1.14. The van der Waals surface area contributed by atoms with Crippen LogP contribution in [0.4, 0.5) is 8.78 Å². The molecule has 1 nitrogen and oxygen atoms in total. The third-order valence-electron chi connectivity index (χ3n) is 2.45. The van der Waals surface area contributed by atoms with E-state index in [-0.39, 0.29) is 10.6 Å². The van der Waals surface area contributed by atoms with Gasteiger partial charge in [-0.15, -0.1) is 0 Å². The number of halogens is 3. The Labute approximate surface area is 84.9 Å². The number of hydrogen-bond donors (Lipinski definition) is 0. The maximum atomic E-state index is 13.4. The summed E-state index contributed by atoms with van der Waals surface area (Å²) < 4.78 is 26.7. The van der Waals surface area contributed by atoms with Gasteiger partial charge in [0.25, 0.3) is 0 Å². The van der Waals surface area contributed by atoms with Crippen LogP contribution in [0.25, 0.3) is 0 Å². The average molecular weight is 214 g/mol. The van der Waals surface area contributed by atoms with Gasteiger partial charge in [0.05, 0.1) is 11.5 Å². The standard InChI is InChI=1S/C10H6ClF2N/c11-6-3-7(12)9(8(13)4-6)10(5-14)1-2-10/h3-4H,1-2H2. The summed E-state index contributed by atoms with van der Waals surface area (Å²) in [6, 6.07) is 4.02. The zero-order valence-electron chi connectivity index (χ0n) is 7.15. The van der Waals surface area contributed by atoms with Gasteiger partial charge < -0.3 is 0 Å². The molecule has 0 aromatic heterocycles. The molecule has 0 radical (unpaired) electrons. The maximum Gasteiger partial charge on any atom is 0.132 e. The van der Waals surface area contributed by atoms with E-state index in [9.17, 15) is 8.78 Å². The molecule has 1 saturated carbocycles. The van der Waals surface area contributed by atoms with Crippen LogP contribution in [0.15, 0.2) is 12.1 Å². The number of rotatable bonds is 1. The molecule has 0 bridgehead atoms. The zero-order valence-corrected chi connectivity index (χ0v) is 7.91. The molecule has 0 atom stereocenters. The maximum absolute atomic E-state index is 13.4. The lowest BCUT2D eigenvalue weighted by atomic mass is 9.96. The minimum absolute atomic E-state index is 0.0116. The molecule has 0 aliphatic heterocycles. The molecule has 1 aliphatic rings. The molecule has 0 saturated heterocycles. The monoisotopic (exact) mass is 213 g/mol. The lowest BCUT2D eigenvalue weighted by molar-refractivity contribution is 0.542. The van der Waals surface area contributed by atoms with E-state index in [1.807, 2.05) is 6.07 Å². The van der Waals surface area contributed by atoms with Crippen molar-refractivity contribution in [3.63, 3.8) is 0 Å². The molecule has 2 rings (SSSR count). The molecule has 4 heteroatoms. The predicted molar refractivity (Wildman–Crippen MR) is 47.9 cm³/mol. The summed E-state index contributed by atoms with van der Waals surface area (Å²) in [5.41, 5.74) is -1.08. The van der Waals surface area contributed by atoms with Crippen LogP contribution in [0.2, 0.25) is 5.02 Å². The van der Waals surface area contributed by atoms with E-state index in [1.165, 1.54) is 0 Å². The molecule has 1 aromatic carbocycles. The van der Waals surface area contributed by atoms with Crippen molar-refractivity contribution in [1.82, 2.24) is 0 Å². The SMILES string of the molecule is N#CC1(c2c(F)cc(Cl)cc2F)CC1. The van der Waals surface area contributed by atoms with Crippen molar-refractivity contribution in [2.45, 2.75) is 18.3 Å². The van der Waals surface area contributed by atoms with Crippen LogP contribution >= 0.6 is 11.6 Å². The summed E-state index contributed by atoms with van der Waals surface area (Å²) in [7, 11) is 0. The van der Waals surface area contributed by atoms with Crippen LogP contribution in [0.1, 0.15) is 18.4 Å². The van der Waals surface area contributed by atoms with Crippen LogP contribution in [-0.4, -0.2) is 0 Å². The lowest BCUT2D eigenvalue weighted by Gasteiger charge is -2.09. The Morgan fingerprint density at radius 3 is 2.14 bits per heavy atom. The second kappa shape index (κ2) is 2.93. The molecule has 14 heavy (non-hydrogen) atoms. The first-order chi connectivity index (χ1) is 6.59. The Morgan fingerprint density at radius 2 is 1.79 bits per heavy atom. The fraction of sp³-hybridized carbons (Fsp3) is 0.300. The van der Waals surface area contributed by atoms with E-state index < -0.39 is 17.0 Å². The van der Waals surface area contributed by atoms with Gasteiger partial charge in [0.1, 0.15) is 11.6 Å². The van der Waals surface area contributed by atoms with Crippen molar-refractivity contribution >= 4 is 11.6 Å². The van der Waals surface area contributed by atoms with Crippen molar-refractivity contribution in [2.75, 3.05) is 0 Å². The second-order valence-corrected chi connectivity index (χ2v) is 3.87. The van der Waals surface area contributed by atoms with E-state index in [4.69, 9.17) is 16.9 Å². The van der Waals surface area contributed by atoms with Crippen LogP contribution in [0.3, 0.4) is 0 Å². The van der Waals surface area contributed by atoms with E-state index in [0.29, 0.717) is 12.8 Å². The molecule has 1 aromatic rings. The zero-order chi connectivity index (χ0) is 10.3. The minimum atomic E-state index is -0.946. The van der Waals surface area contributed by atoms with Crippen LogP contribution in [0, 0.1) is 23.0 Å². The fourth-order valence-corrected chi connectivity index (χ4v) is 1.73. The van der Waals surface area contributed by atoms with Gasteiger partial charge in [-0.3, -0.25) is 0 Å². The van der Waals surface area contributed by atoms with Crippen molar-refractivity contribution in [3.05, 3.63) is 34.4 Å². The van der Waals surface area contributed by atoms with Gasteiger partial charge >= 0.3 is 0 Å². The van der Waals surface area contributed by atoms with Crippen LogP contribution in [0.5, 0.6) is 0 Å². The largest absolute Gasteiger partial charge is 0.206 e. The van der Waals surface area contributed by atoms with Gasteiger partial charge in [-0.05, 0) is 25.0 Å². The number of nitriles is 1. The molecule has 72 valence electrons. The third kappa shape index (κ3) is 1.27. The number of hydrogen-bond acceptors (Lipinski definition) is 1. The van der Waals surface area contributed by atoms with Gasteiger partial charge in [0.15, 0.2) is 0 Å². The Bertz CT molecular complexity index is 409. The smallest absolute Gasteiger partial charge is 0.132 e. The van der Waals surface area contributed by atoms with Crippen molar-refractivity contribution in [2.24, 2.45) is 0 Å². The Balaban J connectivity index is 2.60. The fourth-order valence-electron chi connectivity index (χ4n) is 1.54. The number of benzene rings is 1. The molecule has 1 fully saturated rings. The minimum Gasteiger partial charge on any atom is -0.206 e. The highest BCUT2D eigenvalue weighted by Crippen LogP contribution is 2.49. The summed E-state index contributed by atoms with van der Waals surface area (Å²) in [6.07, 6.45) is 1.03. The quantitative estimate of drug-likeness (QED) is 0.703. The predicted octanol–water partition coefficient (Wildman–Crippen LogP) is 3.17. The highest BCUT2D eigenvalue weighted by atomic mass is 35.5. The van der Waals surface area contributed by atoms with Crippen molar-refractivity contribution < 1.29 is 8.78 Å². The topological polar surface area (TPSA) is 23.8 Å². The summed E-state index contributed by atoms with van der Waals surface area (Å²) in [5, 5.41) is 8.82. The third-order valence-corrected chi connectivity index (χ3v) is 2.67. The van der Waals surface area contributed by atoms with Gasteiger partial charge in [-0.1, -0.05) is 11.6 Å². The molecular weight excluding hydrogens is 208 g/mol. The summed E-state index contributed by atoms with van der Waals surface area (Å²) in [5.74, 6) is -1.46. The van der Waals surface area contributed by atoms with E-state index in [2.05, 4.69) is 0 Å². The first kappa shape index (κ1) is 9.42. The van der Waals surface area contributed by atoms with Crippen molar-refractivity contribution in [1.29, 1.82) is 5.26 Å². The molecular formula is C10H6ClF2N. The van der Waals surface area contributed by atoms with Gasteiger partial charge in [-0.2, -0.15) is 5.26 Å². The molecule has 0 spiro atoms. The van der Waals surface area contributed by atoms with Crippen molar-refractivity contribution in [3.8, 4) is 6.07 Å². The average Bonchev–Trinajstić information content (AvgIpc) is 2.83. The lowest BCUT2D eigenvalue weighted by Crippen LogP contribution is -2.09. The molecule has 0 unspecified atom stereocenters. The second-order valence-electron chi connectivity index (χ2n) is 3.44. The summed E-state index contributed by atoms with van der Waals surface area (Å²) in [4.78, 5) is 0. The van der Waals surface area contributed by atoms with E-state index >= 15 is 0 Å². The molecule has 0 amide bonds. The first-order valence-electron chi connectivity index (χ1n) is 4.15. The van der Waals surface area contributed by atoms with Gasteiger partial charge in [-0.25, -0.2) is 8.78 Å². The molecule has 0 heterocycles. The Morgan fingerprint density at radius 1 is 1.29 bits per heavy atom. The van der Waals surface area contributed by atoms with Crippen LogP contribution in [-0.2, 0) is 5.41 Å². The number of nitrogens with zero attached hydrogens (tertiary/aromatic N) is 1. The van der Waals surface area contributed by atoms with Crippen LogP contribution < -0.4 is 0 Å². The van der Waals surface area contributed by atoms with Gasteiger partial charge in [0, 0.05) is 10.6 Å². The van der Waals surface area contributed by atoms with E-state index in [0.717, 1.165) is 12.1 Å². The summed E-state index contributed by atoms with van der Waals surface area (Å²) in [6.45, 7) is 0.